The van der Waals surface area contributed by atoms with Crippen molar-refractivity contribution in [2.75, 3.05) is 29.4 Å². The topological polar surface area (TPSA) is 35.6 Å². The molecule has 1 saturated heterocycles. The molecule has 0 radical (unpaired) electrons. The van der Waals surface area contributed by atoms with Gasteiger partial charge in [0.05, 0.1) is 17.5 Å². The summed E-state index contributed by atoms with van der Waals surface area (Å²) in [5, 5.41) is 2.83. The Morgan fingerprint density at radius 3 is 2.46 bits per heavy atom. The van der Waals surface area contributed by atoms with Gasteiger partial charge in [-0.05, 0) is 48.4 Å². The number of nitrogens with one attached hydrogen (secondary N) is 1. The van der Waals surface area contributed by atoms with E-state index in [1.165, 1.54) is 12.1 Å². The number of alkyl halides is 3. The summed E-state index contributed by atoms with van der Waals surface area (Å²) in [5.74, 6) is -1.28. The van der Waals surface area contributed by atoms with Gasteiger partial charge < -0.3 is 15.1 Å². The standard InChI is InChI=1S/C27H25F4N3O/c28-23-9-5-4-6-18(23)16-32-26(35)22-15-19-14-20(27(29,30)31)10-11-24(19)34-13-12-33(17-25(22)34)21-7-2-1-3-8-21/h1-11,14,22,25H,12-13,15-17H2,(H,32,35)/t22-,25-/m0/s1. The molecule has 0 aliphatic carbocycles. The zero-order chi connectivity index (χ0) is 24.6. The SMILES string of the molecule is O=C(NCc1ccccc1F)[C@H]1Cc2cc(C(F)(F)F)ccc2N2CCN(c3ccccc3)C[C@@H]12. The Morgan fingerprint density at radius 1 is 0.971 bits per heavy atom. The molecule has 35 heavy (non-hydrogen) atoms. The fourth-order valence-corrected chi connectivity index (χ4v) is 5.13. The molecule has 2 heterocycles. The molecule has 0 saturated carbocycles. The first-order valence-corrected chi connectivity index (χ1v) is 11.6. The molecular formula is C27H25F4N3O. The lowest BCUT2D eigenvalue weighted by atomic mass is 9.82. The molecule has 3 aromatic carbocycles. The smallest absolute Gasteiger partial charge is 0.368 e. The van der Waals surface area contributed by atoms with Crippen LogP contribution in [0.5, 0.6) is 0 Å². The molecule has 4 nitrogen and oxygen atoms in total. The Bertz CT molecular complexity index is 1210. The van der Waals surface area contributed by atoms with Crippen LogP contribution in [0.4, 0.5) is 28.9 Å². The number of rotatable bonds is 4. The lowest BCUT2D eigenvalue weighted by molar-refractivity contribution is -0.137. The zero-order valence-electron chi connectivity index (χ0n) is 18.9. The maximum atomic E-state index is 14.1. The van der Waals surface area contributed by atoms with Crippen molar-refractivity contribution in [3.05, 3.63) is 95.3 Å². The molecule has 8 heteroatoms. The predicted molar refractivity (Wildman–Crippen MR) is 127 cm³/mol. The number of hydrogen-bond acceptors (Lipinski definition) is 3. The Labute approximate surface area is 201 Å². The second-order valence-corrected chi connectivity index (χ2v) is 9.00. The van der Waals surface area contributed by atoms with E-state index in [4.69, 9.17) is 0 Å². The molecular weight excluding hydrogens is 458 g/mol. The number of benzene rings is 3. The number of hydrogen-bond donors (Lipinski definition) is 1. The first-order valence-electron chi connectivity index (χ1n) is 11.6. The van der Waals surface area contributed by atoms with Gasteiger partial charge in [-0.2, -0.15) is 13.2 Å². The number of halogens is 4. The van der Waals surface area contributed by atoms with Crippen molar-refractivity contribution in [1.29, 1.82) is 0 Å². The summed E-state index contributed by atoms with van der Waals surface area (Å²) >= 11 is 0. The van der Waals surface area contributed by atoms with Gasteiger partial charge in [0, 0.05) is 43.1 Å². The first-order chi connectivity index (χ1) is 16.8. The monoisotopic (exact) mass is 483 g/mol. The summed E-state index contributed by atoms with van der Waals surface area (Å²) in [6.45, 7) is 1.84. The van der Waals surface area contributed by atoms with Gasteiger partial charge in [0.1, 0.15) is 5.82 Å². The van der Waals surface area contributed by atoms with Gasteiger partial charge in [0.15, 0.2) is 0 Å². The normalized spacial score (nSPS) is 19.7. The van der Waals surface area contributed by atoms with Crippen LogP contribution in [0, 0.1) is 11.7 Å². The third kappa shape index (κ3) is 4.70. The van der Waals surface area contributed by atoms with E-state index in [0.717, 1.165) is 23.5 Å². The summed E-state index contributed by atoms with van der Waals surface area (Å²) in [5.41, 5.74) is 1.94. The minimum absolute atomic E-state index is 0.0204. The van der Waals surface area contributed by atoms with Crippen LogP contribution in [0.1, 0.15) is 16.7 Å². The average molecular weight is 484 g/mol. The van der Waals surface area contributed by atoms with Crippen LogP contribution in [-0.2, 0) is 23.9 Å². The molecule has 1 fully saturated rings. The molecule has 5 rings (SSSR count). The summed E-state index contributed by atoms with van der Waals surface area (Å²) in [4.78, 5) is 17.6. The predicted octanol–water partition coefficient (Wildman–Crippen LogP) is 5.03. The summed E-state index contributed by atoms with van der Waals surface area (Å²) in [6.07, 6.45) is -4.27. The van der Waals surface area contributed by atoms with Crippen molar-refractivity contribution >= 4 is 17.3 Å². The van der Waals surface area contributed by atoms with Crippen molar-refractivity contribution in [2.45, 2.75) is 25.2 Å². The van der Waals surface area contributed by atoms with Crippen LogP contribution in [-0.4, -0.2) is 31.6 Å². The molecule has 182 valence electrons. The van der Waals surface area contributed by atoms with Crippen LogP contribution in [0.2, 0.25) is 0 Å². The quantitative estimate of drug-likeness (QED) is 0.529. The molecule has 1 N–H and O–H groups in total. The third-order valence-electron chi connectivity index (χ3n) is 6.91. The van der Waals surface area contributed by atoms with E-state index < -0.39 is 23.5 Å². The molecule has 0 bridgehead atoms. The van der Waals surface area contributed by atoms with Crippen LogP contribution in [0.3, 0.4) is 0 Å². The molecule has 0 unspecified atom stereocenters. The Morgan fingerprint density at radius 2 is 1.71 bits per heavy atom. The fraction of sp³-hybridized carbons (Fsp3) is 0.296. The lowest BCUT2D eigenvalue weighted by Crippen LogP contribution is -2.61. The Balaban J connectivity index is 1.44. The maximum absolute atomic E-state index is 14.1. The van der Waals surface area contributed by atoms with E-state index in [-0.39, 0.29) is 24.9 Å². The van der Waals surface area contributed by atoms with Crippen molar-refractivity contribution in [2.24, 2.45) is 5.92 Å². The van der Waals surface area contributed by atoms with Gasteiger partial charge in [-0.25, -0.2) is 4.39 Å². The molecule has 1 amide bonds. The number of anilines is 2. The van der Waals surface area contributed by atoms with Crippen molar-refractivity contribution < 1.29 is 22.4 Å². The van der Waals surface area contributed by atoms with E-state index in [1.807, 2.05) is 30.3 Å². The Kier molecular flexibility index (Phi) is 6.13. The fourth-order valence-electron chi connectivity index (χ4n) is 5.13. The highest BCUT2D eigenvalue weighted by Gasteiger charge is 2.42. The number of nitrogens with zero attached hydrogens (tertiary/aromatic N) is 2. The summed E-state index contributed by atoms with van der Waals surface area (Å²) in [6, 6.07) is 19.6. The molecule has 3 aromatic rings. The van der Waals surface area contributed by atoms with Crippen LogP contribution in [0.25, 0.3) is 0 Å². The van der Waals surface area contributed by atoms with E-state index >= 15 is 0 Å². The maximum Gasteiger partial charge on any atom is 0.416 e. The van der Waals surface area contributed by atoms with Gasteiger partial charge in [-0.1, -0.05) is 36.4 Å². The highest BCUT2D eigenvalue weighted by Crippen LogP contribution is 2.40. The summed E-state index contributed by atoms with van der Waals surface area (Å²) < 4.78 is 54.3. The van der Waals surface area contributed by atoms with Crippen molar-refractivity contribution in [1.82, 2.24) is 5.32 Å². The van der Waals surface area contributed by atoms with Gasteiger partial charge in [-0.3, -0.25) is 4.79 Å². The second-order valence-electron chi connectivity index (χ2n) is 9.00. The number of para-hydroxylation sites is 1. The summed E-state index contributed by atoms with van der Waals surface area (Å²) in [7, 11) is 0. The number of amides is 1. The van der Waals surface area contributed by atoms with Gasteiger partial charge in [0.2, 0.25) is 5.91 Å². The Hall–Kier alpha value is -3.55. The van der Waals surface area contributed by atoms with Crippen molar-refractivity contribution in [3.8, 4) is 0 Å². The van der Waals surface area contributed by atoms with Crippen LogP contribution < -0.4 is 15.1 Å². The van der Waals surface area contributed by atoms with E-state index in [0.29, 0.717) is 30.8 Å². The van der Waals surface area contributed by atoms with E-state index in [1.54, 1.807) is 18.2 Å². The highest BCUT2D eigenvalue weighted by molar-refractivity contribution is 5.82. The van der Waals surface area contributed by atoms with Gasteiger partial charge in [0.25, 0.3) is 0 Å². The highest BCUT2D eigenvalue weighted by atomic mass is 19.4. The van der Waals surface area contributed by atoms with Gasteiger partial charge in [-0.15, -0.1) is 0 Å². The molecule has 2 atom stereocenters. The average Bonchev–Trinajstić information content (AvgIpc) is 2.87. The number of piperazine rings is 1. The minimum Gasteiger partial charge on any atom is -0.368 e. The van der Waals surface area contributed by atoms with E-state index in [9.17, 15) is 22.4 Å². The van der Waals surface area contributed by atoms with E-state index in [2.05, 4.69) is 15.1 Å². The number of carbonyl (C=O) groups excluding carboxylic acids is 1. The number of fused-ring (bicyclic) bond motifs is 3. The minimum atomic E-state index is -4.46. The zero-order valence-corrected chi connectivity index (χ0v) is 18.9. The molecule has 2 aliphatic rings. The van der Waals surface area contributed by atoms with Gasteiger partial charge >= 0.3 is 6.18 Å². The van der Waals surface area contributed by atoms with Crippen LogP contribution in [0.15, 0.2) is 72.8 Å². The molecule has 0 aromatic heterocycles. The number of carbonyl (C=O) groups is 1. The van der Waals surface area contributed by atoms with Crippen LogP contribution >= 0.6 is 0 Å². The van der Waals surface area contributed by atoms with Crippen molar-refractivity contribution in [3.63, 3.8) is 0 Å². The third-order valence-corrected chi connectivity index (χ3v) is 6.91. The first kappa shape index (κ1) is 23.2. The largest absolute Gasteiger partial charge is 0.416 e. The molecule has 2 aliphatic heterocycles. The second kappa shape index (κ2) is 9.24. The lowest BCUT2D eigenvalue weighted by Gasteiger charge is -2.49. The molecule has 0 spiro atoms.